The Kier molecular flexibility index (Phi) is 4.86. The molecule has 0 saturated heterocycles. The molecule has 0 radical (unpaired) electrons. The van der Waals surface area contributed by atoms with Crippen molar-refractivity contribution in [3.05, 3.63) is 44.9 Å². The summed E-state index contributed by atoms with van der Waals surface area (Å²) in [4.78, 5) is 14.6. The van der Waals surface area contributed by atoms with Gasteiger partial charge in [0.05, 0.1) is 11.1 Å². The molecule has 0 saturated carbocycles. The molecule has 106 valence electrons. The highest BCUT2D eigenvalue weighted by Crippen LogP contribution is 2.29. The number of aromatic nitrogens is 1. The minimum absolute atomic E-state index is 0.0139. The van der Waals surface area contributed by atoms with Gasteiger partial charge in [0.1, 0.15) is 0 Å². The molecular weight excluding hydrogens is 326 g/mol. The van der Waals surface area contributed by atoms with Gasteiger partial charge in [-0.2, -0.15) is 0 Å². The zero-order chi connectivity index (χ0) is 14.5. The highest BCUT2D eigenvalue weighted by molar-refractivity contribution is 9.10. The zero-order valence-electron chi connectivity index (χ0n) is 10.9. The zero-order valence-corrected chi connectivity index (χ0v) is 12.5. The molecule has 0 atom stereocenters. The number of nitro benzene ring substituents is 1. The summed E-state index contributed by atoms with van der Waals surface area (Å²) in [6.45, 7) is 3.71. The number of nitrogens with one attached hydrogen (secondary N) is 1. The maximum Gasteiger partial charge on any atom is 0.271 e. The average molecular weight is 340 g/mol. The van der Waals surface area contributed by atoms with E-state index in [1.165, 1.54) is 12.1 Å². The number of non-ortho nitro benzene ring substituents is 1. The lowest BCUT2D eigenvalue weighted by Crippen LogP contribution is -2.16. The van der Waals surface area contributed by atoms with E-state index in [0.29, 0.717) is 28.1 Å². The number of hydrogen-bond donors (Lipinski definition) is 1. The number of rotatable bonds is 6. The molecule has 0 unspecified atom stereocenters. The number of hydrogen-bond acceptors (Lipinski definition) is 5. The van der Waals surface area contributed by atoms with Crippen LogP contribution in [0.4, 0.5) is 5.69 Å². The molecule has 6 nitrogen and oxygen atoms in total. The number of nitrogens with zero attached hydrogens (tertiary/aromatic N) is 2. The van der Waals surface area contributed by atoms with E-state index in [2.05, 4.69) is 26.2 Å². The van der Waals surface area contributed by atoms with Gasteiger partial charge >= 0.3 is 0 Å². The number of likely N-dealkylation sites (N-methyl/N-ethyl adjacent to an activating group) is 1. The maximum atomic E-state index is 10.8. The van der Waals surface area contributed by atoms with Gasteiger partial charge in [0.25, 0.3) is 5.69 Å². The van der Waals surface area contributed by atoms with Crippen molar-refractivity contribution in [2.45, 2.75) is 13.3 Å². The summed E-state index contributed by atoms with van der Waals surface area (Å²) in [6.07, 6.45) is 2.27. The topological polar surface area (TPSA) is 81.2 Å². The number of halogens is 1. The minimum atomic E-state index is -0.434. The van der Waals surface area contributed by atoms with E-state index in [9.17, 15) is 10.1 Å². The first-order valence-electron chi connectivity index (χ1n) is 6.21. The highest BCUT2D eigenvalue weighted by atomic mass is 79.9. The summed E-state index contributed by atoms with van der Waals surface area (Å²) < 4.78 is 6.24. The monoisotopic (exact) mass is 339 g/mol. The minimum Gasteiger partial charge on any atom is -0.441 e. The lowest BCUT2D eigenvalue weighted by Gasteiger charge is -1.99. The van der Waals surface area contributed by atoms with Crippen LogP contribution in [0.5, 0.6) is 0 Å². The third-order valence-corrected chi connectivity index (χ3v) is 3.15. The van der Waals surface area contributed by atoms with Crippen molar-refractivity contribution in [2.75, 3.05) is 13.1 Å². The number of oxazole rings is 1. The first-order chi connectivity index (χ1) is 9.60. The third-order valence-electron chi connectivity index (χ3n) is 2.70. The van der Waals surface area contributed by atoms with Gasteiger partial charge in [0.2, 0.25) is 0 Å². The van der Waals surface area contributed by atoms with Crippen LogP contribution in [0.1, 0.15) is 12.8 Å². The van der Waals surface area contributed by atoms with Gasteiger partial charge in [-0.3, -0.25) is 10.1 Å². The van der Waals surface area contributed by atoms with Crippen LogP contribution in [-0.4, -0.2) is 23.0 Å². The molecule has 1 N–H and O–H groups in total. The Hall–Kier alpha value is -1.73. The summed E-state index contributed by atoms with van der Waals surface area (Å²) in [5, 5.41) is 14.0. The van der Waals surface area contributed by atoms with Crippen LogP contribution in [0.2, 0.25) is 0 Å². The van der Waals surface area contributed by atoms with E-state index in [-0.39, 0.29) is 5.69 Å². The predicted molar refractivity (Wildman–Crippen MR) is 78.5 cm³/mol. The fourth-order valence-electron chi connectivity index (χ4n) is 1.75. The standard InChI is InChI=1S/C13H14BrN3O3/c1-2-15-4-3-13-16-8-12(20-13)9-5-10(14)7-11(6-9)17(18)19/h5-8,15H,2-4H2,1H3. The summed E-state index contributed by atoms with van der Waals surface area (Å²) in [5.41, 5.74) is 0.647. The van der Waals surface area contributed by atoms with Crippen LogP contribution in [0.3, 0.4) is 0 Å². The largest absolute Gasteiger partial charge is 0.441 e. The van der Waals surface area contributed by atoms with Crippen molar-refractivity contribution < 1.29 is 9.34 Å². The van der Waals surface area contributed by atoms with Gasteiger partial charge in [0, 0.05) is 35.1 Å². The van der Waals surface area contributed by atoms with E-state index < -0.39 is 4.92 Å². The number of benzene rings is 1. The Labute approximate surface area is 124 Å². The normalized spacial score (nSPS) is 10.7. The Bertz CT molecular complexity index is 613. The number of nitro groups is 1. The van der Waals surface area contributed by atoms with Crippen molar-refractivity contribution in [3.8, 4) is 11.3 Å². The van der Waals surface area contributed by atoms with Gasteiger partial charge in [-0.05, 0) is 12.6 Å². The molecule has 0 aliphatic carbocycles. The SMILES string of the molecule is CCNCCc1ncc(-c2cc(Br)cc([N+](=O)[O-])c2)o1. The van der Waals surface area contributed by atoms with Crippen LogP contribution in [0.15, 0.2) is 33.3 Å². The molecular formula is C13H14BrN3O3. The predicted octanol–water partition coefficient (Wildman–Crippen LogP) is 3.16. The third kappa shape index (κ3) is 3.64. The molecule has 0 bridgehead atoms. The maximum absolute atomic E-state index is 10.8. The summed E-state index contributed by atoms with van der Waals surface area (Å²) in [6, 6.07) is 4.69. The lowest BCUT2D eigenvalue weighted by molar-refractivity contribution is -0.384. The first kappa shape index (κ1) is 14.7. The van der Waals surface area contributed by atoms with E-state index in [0.717, 1.165) is 13.1 Å². The van der Waals surface area contributed by atoms with Crippen LogP contribution in [0, 0.1) is 10.1 Å². The van der Waals surface area contributed by atoms with Crippen LogP contribution in [-0.2, 0) is 6.42 Å². The fraction of sp³-hybridized carbons (Fsp3) is 0.308. The van der Waals surface area contributed by atoms with E-state index in [4.69, 9.17) is 4.42 Å². The second-order valence-corrected chi connectivity index (χ2v) is 5.09. The molecule has 0 spiro atoms. The molecule has 7 heteroatoms. The van der Waals surface area contributed by atoms with Gasteiger partial charge in [-0.1, -0.05) is 22.9 Å². The average Bonchev–Trinajstić information content (AvgIpc) is 2.87. The van der Waals surface area contributed by atoms with Gasteiger partial charge in [-0.25, -0.2) is 4.98 Å². The van der Waals surface area contributed by atoms with Gasteiger partial charge in [-0.15, -0.1) is 0 Å². The molecule has 2 aromatic rings. The van der Waals surface area contributed by atoms with Gasteiger partial charge < -0.3 is 9.73 Å². The second-order valence-electron chi connectivity index (χ2n) is 4.18. The van der Waals surface area contributed by atoms with Crippen molar-refractivity contribution in [1.29, 1.82) is 0 Å². The molecule has 1 heterocycles. The Morgan fingerprint density at radius 2 is 2.25 bits per heavy atom. The molecule has 1 aromatic heterocycles. The lowest BCUT2D eigenvalue weighted by atomic mass is 10.1. The second kappa shape index (κ2) is 6.62. The van der Waals surface area contributed by atoms with E-state index in [1.54, 1.807) is 12.3 Å². The van der Waals surface area contributed by atoms with Crippen LogP contribution >= 0.6 is 15.9 Å². The van der Waals surface area contributed by atoms with Crippen LogP contribution in [0.25, 0.3) is 11.3 Å². The summed E-state index contributed by atoms with van der Waals surface area (Å²) in [7, 11) is 0. The molecule has 0 fully saturated rings. The molecule has 0 aliphatic rings. The van der Waals surface area contributed by atoms with Crippen molar-refractivity contribution in [3.63, 3.8) is 0 Å². The molecule has 1 aromatic carbocycles. The quantitative estimate of drug-likeness (QED) is 0.496. The fourth-order valence-corrected chi connectivity index (χ4v) is 2.23. The van der Waals surface area contributed by atoms with Gasteiger partial charge in [0.15, 0.2) is 11.7 Å². The first-order valence-corrected chi connectivity index (χ1v) is 7.00. The Morgan fingerprint density at radius 1 is 1.45 bits per heavy atom. The van der Waals surface area contributed by atoms with Crippen LogP contribution < -0.4 is 5.32 Å². The smallest absolute Gasteiger partial charge is 0.271 e. The Balaban J connectivity index is 2.21. The molecule has 2 rings (SSSR count). The molecule has 0 amide bonds. The Morgan fingerprint density at radius 3 is 2.95 bits per heavy atom. The van der Waals surface area contributed by atoms with Crippen molar-refractivity contribution in [1.82, 2.24) is 10.3 Å². The summed E-state index contributed by atoms with van der Waals surface area (Å²) >= 11 is 3.26. The molecule has 0 aliphatic heterocycles. The molecule has 20 heavy (non-hydrogen) atoms. The summed E-state index contributed by atoms with van der Waals surface area (Å²) in [5.74, 6) is 1.14. The highest BCUT2D eigenvalue weighted by Gasteiger charge is 2.13. The van der Waals surface area contributed by atoms with E-state index in [1.807, 2.05) is 6.92 Å². The van der Waals surface area contributed by atoms with Crippen molar-refractivity contribution in [2.24, 2.45) is 0 Å². The van der Waals surface area contributed by atoms with E-state index >= 15 is 0 Å². The van der Waals surface area contributed by atoms with Crippen molar-refractivity contribution >= 4 is 21.6 Å².